The fourth-order valence-corrected chi connectivity index (χ4v) is 4.38. The summed E-state index contributed by atoms with van der Waals surface area (Å²) < 4.78 is 0. The van der Waals surface area contributed by atoms with Gasteiger partial charge < -0.3 is 4.85 Å². The Balaban J connectivity index is 2.02. The Kier molecular flexibility index (Phi) is 5.24. The summed E-state index contributed by atoms with van der Waals surface area (Å²) in [5, 5.41) is 0. The molecule has 0 N–H and O–H groups in total. The molecule has 106 valence electrons. The third-order valence-corrected chi connectivity index (χ3v) is 5.06. The first kappa shape index (κ1) is 14.7. The maximum Gasteiger partial charge on any atom is 0.234 e. The molecule has 5 unspecified atom stereocenters. The molecule has 0 aromatic heterocycles. The molecule has 5 heteroatoms. The zero-order chi connectivity index (χ0) is 14.4. The zero-order valence-electron chi connectivity index (χ0n) is 11.5. The summed E-state index contributed by atoms with van der Waals surface area (Å²) in [4.78, 5) is 31.6. The molecule has 0 saturated heterocycles. The Morgan fingerprint density at radius 2 is 1.85 bits per heavy atom. The van der Waals surface area contributed by atoms with Gasteiger partial charge in [-0.1, -0.05) is 0 Å². The van der Waals surface area contributed by atoms with Crippen LogP contribution in [0.4, 0.5) is 0 Å². The minimum absolute atomic E-state index is 0.396. The highest BCUT2D eigenvalue weighted by atomic mass is 16.1. The summed E-state index contributed by atoms with van der Waals surface area (Å²) in [5.41, 5.74) is 0. The lowest BCUT2D eigenvalue weighted by Crippen LogP contribution is -2.31. The second-order valence-electron chi connectivity index (χ2n) is 5.87. The van der Waals surface area contributed by atoms with E-state index >= 15 is 0 Å². The molecule has 20 heavy (non-hydrogen) atoms. The van der Waals surface area contributed by atoms with Crippen molar-refractivity contribution >= 4 is 12.2 Å². The molecule has 2 rings (SSSR count). The molecule has 2 saturated carbocycles. The second kappa shape index (κ2) is 7.14. The molecule has 2 aliphatic rings. The third-order valence-electron chi connectivity index (χ3n) is 5.06. The van der Waals surface area contributed by atoms with Gasteiger partial charge in [0.2, 0.25) is 18.7 Å². The Labute approximate surface area is 119 Å². The number of nitrogens with zero attached hydrogens (tertiary/aromatic N) is 3. The van der Waals surface area contributed by atoms with E-state index in [0.717, 1.165) is 25.7 Å². The zero-order valence-corrected chi connectivity index (χ0v) is 11.5. The quantitative estimate of drug-likeness (QED) is 0.309. The van der Waals surface area contributed by atoms with Crippen LogP contribution in [-0.4, -0.2) is 31.8 Å². The van der Waals surface area contributed by atoms with E-state index in [2.05, 4.69) is 14.8 Å². The predicted molar refractivity (Wildman–Crippen MR) is 73.4 cm³/mol. The van der Waals surface area contributed by atoms with Crippen molar-refractivity contribution in [2.45, 2.75) is 25.7 Å². The molecule has 0 aromatic rings. The lowest BCUT2D eigenvalue weighted by molar-refractivity contribution is 0.162. The molecule has 5 atom stereocenters. The molecule has 0 aliphatic heterocycles. The molecule has 5 nitrogen and oxygen atoms in total. The van der Waals surface area contributed by atoms with Crippen LogP contribution < -0.4 is 0 Å². The van der Waals surface area contributed by atoms with Crippen molar-refractivity contribution < 1.29 is 9.59 Å². The maximum atomic E-state index is 10.4. The van der Waals surface area contributed by atoms with E-state index in [9.17, 15) is 9.59 Å². The largest absolute Gasteiger partial charge is 0.317 e. The second-order valence-corrected chi connectivity index (χ2v) is 5.87. The van der Waals surface area contributed by atoms with Gasteiger partial charge in [-0.2, -0.15) is 0 Å². The monoisotopic (exact) mass is 273 g/mol. The highest BCUT2D eigenvalue weighted by molar-refractivity contribution is 5.33. The minimum Gasteiger partial charge on any atom is -0.317 e. The average molecular weight is 273 g/mol. The standard InChI is InChI=1S/C15H19N3O2/c1-16-4-2-3-13-11-5-12(7-17-9-19)14(6-11)15(13)8-18-10-20/h11-15H,2-8H2. The van der Waals surface area contributed by atoms with Gasteiger partial charge in [0.05, 0.1) is 13.1 Å². The van der Waals surface area contributed by atoms with Crippen LogP contribution >= 0.6 is 0 Å². The molecule has 2 bridgehead atoms. The summed E-state index contributed by atoms with van der Waals surface area (Å²) >= 11 is 0. The van der Waals surface area contributed by atoms with Gasteiger partial charge in [-0.05, 0) is 48.9 Å². The van der Waals surface area contributed by atoms with Crippen LogP contribution in [0.2, 0.25) is 0 Å². The number of isocyanates is 2. The number of aliphatic imine (C=N–C) groups is 2. The minimum atomic E-state index is 0.396. The molecule has 2 fully saturated rings. The van der Waals surface area contributed by atoms with Crippen LogP contribution in [0.15, 0.2) is 9.98 Å². The normalized spacial score (nSPS) is 34.0. The van der Waals surface area contributed by atoms with Crippen LogP contribution in [-0.2, 0) is 9.59 Å². The first-order valence-corrected chi connectivity index (χ1v) is 7.22. The van der Waals surface area contributed by atoms with Crippen molar-refractivity contribution in [3.63, 3.8) is 0 Å². The Hall–Kier alpha value is -1.75. The molecule has 2 aliphatic carbocycles. The lowest BCUT2D eigenvalue weighted by atomic mass is 9.72. The fraction of sp³-hybridized carbons (Fsp3) is 0.800. The molecule has 0 spiro atoms. The van der Waals surface area contributed by atoms with Crippen molar-refractivity contribution in [2.75, 3.05) is 19.6 Å². The lowest BCUT2D eigenvalue weighted by Gasteiger charge is -2.34. The van der Waals surface area contributed by atoms with E-state index in [-0.39, 0.29) is 0 Å². The summed E-state index contributed by atoms with van der Waals surface area (Å²) in [5.74, 6) is 2.55. The van der Waals surface area contributed by atoms with Crippen molar-refractivity contribution in [3.05, 3.63) is 11.4 Å². The number of rotatable bonds is 7. The first-order chi connectivity index (χ1) is 9.81. The number of fused-ring (bicyclic) bond motifs is 2. The van der Waals surface area contributed by atoms with E-state index < -0.39 is 0 Å². The summed E-state index contributed by atoms with van der Waals surface area (Å²) in [6, 6.07) is 0. The molecule has 0 aromatic carbocycles. The number of carbonyl (C=O) groups excluding carboxylic acids is 2. The van der Waals surface area contributed by atoms with Crippen LogP contribution in [0, 0.1) is 36.2 Å². The maximum absolute atomic E-state index is 10.4. The van der Waals surface area contributed by atoms with Gasteiger partial charge in [0.25, 0.3) is 0 Å². The van der Waals surface area contributed by atoms with Gasteiger partial charge in [-0.15, -0.1) is 0 Å². The van der Waals surface area contributed by atoms with Crippen molar-refractivity contribution in [3.8, 4) is 0 Å². The van der Waals surface area contributed by atoms with Gasteiger partial charge >= 0.3 is 0 Å². The molecule has 0 amide bonds. The smallest absolute Gasteiger partial charge is 0.234 e. The highest BCUT2D eigenvalue weighted by Gasteiger charge is 2.51. The summed E-state index contributed by atoms with van der Waals surface area (Å²) in [6.07, 6.45) is 7.50. The van der Waals surface area contributed by atoms with Gasteiger partial charge in [0.15, 0.2) is 0 Å². The van der Waals surface area contributed by atoms with Gasteiger partial charge in [-0.3, -0.25) is 0 Å². The number of hydrogen-bond acceptors (Lipinski definition) is 4. The third kappa shape index (κ3) is 3.04. The van der Waals surface area contributed by atoms with Crippen LogP contribution in [0.5, 0.6) is 0 Å². The fourth-order valence-electron chi connectivity index (χ4n) is 4.38. The molecule has 0 radical (unpaired) electrons. The van der Waals surface area contributed by atoms with Crippen molar-refractivity contribution in [1.29, 1.82) is 0 Å². The Bertz CT molecular complexity index is 472. The van der Waals surface area contributed by atoms with E-state index in [4.69, 9.17) is 6.57 Å². The van der Waals surface area contributed by atoms with Gasteiger partial charge in [-0.25, -0.2) is 26.1 Å². The highest BCUT2D eigenvalue weighted by Crippen LogP contribution is 2.56. The number of hydrogen-bond donors (Lipinski definition) is 0. The first-order valence-electron chi connectivity index (χ1n) is 7.22. The predicted octanol–water partition coefficient (Wildman–Crippen LogP) is 2.25. The summed E-state index contributed by atoms with van der Waals surface area (Å²) in [7, 11) is 0. The Morgan fingerprint density at radius 1 is 1.10 bits per heavy atom. The van der Waals surface area contributed by atoms with Crippen molar-refractivity contribution in [2.24, 2.45) is 39.6 Å². The van der Waals surface area contributed by atoms with E-state index in [0.29, 0.717) is 49.2 Å². The van der Waals surface area contributed by atoms with Crippen LogP contribution in [0.25, 0.3) is 4.85 Å². The van der Waals surface area contributed by atoms with Crippen molar-refractivity contribution in [1.82, 2.24) is 0 Å². The molecule has 0 heterocycles. The van der Waals surface area contributed by atoms with E-state index in [1.165, 1.54) is 0 Å². The summed E-state index contributed by atoms with van der Waals surface area (Å²) in [6.45, 7) is 8.53. The topological polar surface area (TPSA) is 63.2 Å². The molecular formula is C15H19N3O2. The van der Waals surface area contributed by atoms with E-state index in [1.807, 2.05) is 0 Å². The Morgan fingerprint density at radius 3 is 2.55 bits per heavy atom. The van der Waals surface area contributed by atoms with Crippen LogP contribution in [0.1, 0.15) is 25.7 Å². The van der Waals surface area contributed by atoms with Gasteiger partial charge in [0, 0.05) is 6.42 Å². The van der Waals surface area contributed by atoms with Crippen LogP contribution in [0.3, 0.4) is 0 Å². The van der Waals surface area contributed by atoms with Gasteiger partial charge in [0.1, 0.15) is 0 Å². The molecular weight excluding hydrogens is 254 g/mol. The average Bonchev–Trinajstić information content (AvgIpc) is 3.01. The van der Waals surface area contributed by atoms with E-state index in [1.54, 1.807) is 12.2 Å². The SMILES string of the molecule is [C-]#[N+]CCCC1C2CC(CN=C=O)C(C2)C1CN=C=O.